The minimum Gasteiger partial charge on any atom is -0.497 e. The third-order valence-corrected chi connectivity index (χ3v) is 8.04. The summed E-state index contributed by atoms with van der Waals surface area (Å²) in [4.78, 5) is 29.3. The number of carbonyl (C=O) groups is 2. The zero-order chi connectivity index (χ0) is 30.2. The minimum absolute atomic E-state index is 0.0904. The molecule has 1 N–H and O–H groups in total. The van der Waals surface area contributed by atoms with Gasteiger partial charge >= 0.3 is 0 Å². The third-order valence-electron chi connectivity index (χ3n) is 6.90. The molecule has 2 amide bonds. The quantitative estimate of drug-likeness (QED) is 0.322. The van der Waals surface area contributed by atoms with E-state index in [1.165, 1.54) is 4.90 Å². The summed E-state index contributed by atoms with van der Waals surface area (Å²) >= 11 is 0. The first kappa shape index (κ1) is 31.7. The number of hydrogen-bond acceptors (Lipinski definition) is 5. The standard InChI is InChI=1S/C32H41N3O5S/c1-23(2)20-33-32(37)30(19-26-11-8-7-9-12-26)34(21-27-13-10-14-29(18-27)40-5)31(36)22-35(41(6,38)39)28-16-15-24(3)25(4)17-28/h7-18,23,30H,19-22H2,1-6H3,(H,33,37)/t30-/m0/s1. The molecular formula is C32H41N3O5S. The Bertz CT molecular complexity index is 1440. The predicted octanol–water partition coefficient (Wildman–Crippen LogP) is 4.49. The Hall–Kier alpha value is -3.85. The number of sulfonamides is 1. The topological polar surface area (TPSA) is 96.0 Å². The molecule has 0 aliphatic rings. The molecular weight excluding hydrogens is 538 g/mol. The number of hydrogen-bond donors (Lipinski definition) is 1. The van der Waals surface area contributed by atoms with Crippen LogP contribution in [-0.2, 0) is 32.6 Å². The number of rotatable bonds is 13. The van der Waals surface area contributed by atoms with Crippen LogP contribution in [0.15, 0.2) is 72.8 Å². The second-order valence-corrected chi connectivity index (χ2v) is 12.7. The molecule has 0 unspecified atom stereocenters. The molecule has 3 aromatic carbocycles. The highest BCUT2D eigenvalue weighted by Gasteiger charge is 2.33. The van der Waals surface area contributed by atoms with Gasteiger partial charge in [-0.1, -0.05) is 62.4 Å². The van der Waals surface area contributed by atoms with Crippen molar-refractivity contribution in [3.63, 3.8) is 0 Å². The van der Waals surface area contributed by atoms with Crippen molar-refractivity contribution in [3.8, 4) is 5.75 Å². The molecule has 9 heteroatoms. The Labute approximate surface area is 244 Å². The first-order valence-electron chi connectivity index (χ1n) is 13.7. The number of aryl methyl sites for hydroxylation is 2. The van der Waals surface area contributed by atoms with Crippen LogP contribution in [-0.4, -0.2) is 57.6 Å². The highest BCUT2D eigenvalue weighted by Crippen LogP contribution is 2.23. The lowest BCUT2D eigenvalue weighted by Crippen LogP contribution is -2.53. The Morgan fingerprint density at radius 3 is 2.20 bits per heavy atom. The molecule has 0 saturated carbocycles. The summed E-state index contributed by atoms with van der Waals surface area (Å²) in [6.45, 7) is 7.92. The average molecular weight is 580 g/mol. The number of nitrogens with zero attached hydrogens (tertiary/aromatic N) is 2. The van der Waals surface area contributed by atoms with E-state index in [0.717, 1.165) is 32.8 Å². The highest BCUT2D eigenvalue weighted by atomic mass is 32.2. The summed E-state index contributed by atoms with van der Waals surface area (Å²) in [6, 6.07) is 21.2. The van der Waals surface area contributed by atoms with Crippen LogP contribution in [0.1, 0.15) is 36.1 Å². The van der Waals surface area contributed by atoms with Crippen molar-refractivity contribution < 1.29 is 22.7 Å². The molecule has 0 aliphatic carbocycles. The molecule has 0 bridgehead atoms. The highest BCUT2D eigenvalue weighted by molar-refractivity contribution is 7.92. The molecule has 0 aliphatic heterocycles. The van der Waals surface area contributed by atoms with Crippen LogP contribution in [0.3, 0.4) is 0 Å². The molecule has 3 rings (SSSR count). The number of benzene rings is 3. The smallest absolute Gasteiger partial charge is 0.244 e. The Kier molecular flexibility index (Phi) is 10.9. The average Bonchev–Trinajstić information content (AvgIpc) is 2.93. The van der Waals surface area contributed by atoms with Gasteiger partial charge in [0.25, 0.3) is 0 Å². The largest absolute Gasteiger partial charge is 0.497 e. The summed E-state index contributed by atoms with van der Waals surface area (Å²) in [5, 5.41) is 2.99. The maximum atomic E-state index is 14.2. The molecule has 0 heterocycles. The van der Waals surface area contributed by atoms with Gasteiger partial charge in [0, 0.05) is 19.5 Å². The second-order valence-electron chi connectivity index (χ2n) is 10.8. The van der Waals surface area contributed by atoms with Crippen LogP contribution >= 0.6 is 0 Å². The van der Waals surface area contributed by atoms with E-state index in [0.29, 0.717) is 18.0 Å². The van der Waals surface area contributed by atoms with Gasteiger partial charge in [-0.05, 0) is 66.3 Å². The summed E-state index contributed by atoms with van der Waals surface area (Å²) < 4.78 is 32.4. The number of nitrogens with one attached hydrogen (secondary N) is 1. The SMILES string of the molecule is COc1cccc(CN(C(=O)CN(c2ccc(C)c(C)c2)S(C)(=O)=O)[C@@H](Cc2ccccc2)C(=O)NCC(C)C)c1. The fraction of sp³-hybridized carbons (Fsp3) is 0.375. The Morgan fingerprint density at radius 1 is 0.902 bits per heavy atom. The number of ether oxygens (including phenoxy) is 1. The first-order valence-corrected chi connectivity index (χ1v) is 15.5. The molecule has 0 radical (unpaired) electrons. The van der Waals surface area contributed by atoms with E-state index in [-0.39, 0.29) is 24.8 Å². The lowest BCUT2D eigenvalue weighted by molar-refractivity contribution is -0.140. The van der Waals surface area contributed by atoms with Crippen LogP contribution in [0.5, 0.6) is 5.75 Å². The lowest BCUT2D eigenvalue weighted by atomic mass is 10.0. The summed E-state index contributed by atoms with van der Waals surface area (Å²) in [7, 11) is -2.26. The van der Waals surface area contributed by atoms with Gasteiger partial charge in [0.1, 0.15) is 18.3 Å². The second kappa shape index (κ2) is 14.2. The van der Waals surface area contributed by atoms with Gasteiger partial charge in [0.2, 0.25) is 21.8 Å². The zero-order valence-electron chi connectivity index (χ0n) is 24.8. The molecule has 41 heavy (non-hydrogen) atoms. The summed E-state index contributed by atoms with van der Waals surface area (Å²) in [5.41, 5.74) is 3.96. The van der Waals surface area contributed by atoms with Crippen molar-refractivity contribution in [1.82, 2.24) is 10.2 Å². The van der Waals surface area contributed by atoms with Crippen LogP contribution in [0.4, 0.5) is 5.69 Å². The number of amides is 2. The van der Waals surface area contributed by atoms with Crippen LogP contribution < -0.4 is 14.4 Å². The van der Waals surface area contributed by atoms with Crippen molar-refractivity contribution in [3.05, 3.63) is 95.1 Å². The normalized spacial score (nSPS) is 12.1. The van der Waals surface area contributed by atoms with Crippen molar-refractivity contribution in [2.45, 2.75) is 46.7 Å². The summed E-state index contributed by atoms with van der Waals surface area (Å²) in [5.74, 6) is 0.0454. The van der Waals surface area contributed by atoms with E-state index >= 15 is 0 Å². The molecule has 0 spiro atoms. The third kappa shape index (κ3) is 9.08. The lowest BCUT2D eigenvalue weighted by Gasteiger charge is -2.33. The van der Waals surface area contributed by atoms with Gasteiger partial charge in [-0.15, -0.1) is 0 Å². The molecule has 0 fully saturated rings. The number of methoxy groups -OCH3 is 1. The van der Waals surface area contributed by atoms with E-state index in [1.807, 2.05) is 82.3 Å². The van der Waals surface area contributed by atoms with Crippen molar-refractivity contribution in [1.29, 1.82) is 0 Å². The van der Waals surface area contributed by atoms with Crippen LogP contribution in [0, 0.1) is 19.8 Å². The molecule has 220 valence electrons. The minimum atomic E-state index is -3.82. The Balaban J connectivity index is 2.07. The van der Waals surface area contributed by atoms with Crippen molar-refractivity contribution in [2.75, 3.05) is 30.8 Å². The zero-order valence-corrected chi connectivity index (χ0v) is 25.6. The van der Waals surface area contributed by atoms with E-state index in [4.69, 9.17) is 4.74 Å². The fourth-order valence-corrected chi connectivity index (χ4v) is 5.28. The molecule has 0 aromatic heterocycles. The van der Waals surface area contributed by atoms with Crippen LogP contribution in [0.25, 0.3) is 0 Å². The number of carbonyl (C=O) groups excluding carboxylic acids is 2. The van der Waals surface area contributed by atoms with Gasteiger partial charge in [-0.2, -0.15) is 0 Å². The maximum absolute atomic E-state index is 14.2. The predicted molar refractivity (Wildman–Crippen MR) is 163 cm³/mol. The summed E-state index contributed by atoms with van der Waals surface area (Å²) in [6.07, 6.45) is 1.35. The van der Waals surface area contributed by atoms with Crippen molar-refractivity contribution in [2.24, 2.45) is 5.92 Å². The van der Waals surface area contributed by atoms with E-state index in [9.17, 15) is 18.0 Å². The first-order chi connectivity index (χ1) is 19.4. The molecule has 3 aromatic rings. The van der Waals surface area contributed by atoms with Gasteiger partial charge in [-0.25, -0.2) is 8.42 Å². The molecule has 1 atom stereocenters. The fourth-order valence-electron chi connectivity index (χ4n) is 4.44. The number of anilines is 1. The molecule has 0 saturated heterocycles. The van der Waals surface area contributed by atoms with Gasteiger partial charge in [0.15, 0.2) is 0 Å². The van der Waals surface area contributed by atoms with Gasteiger partial charge in [-0.3, -0.25) is 13.9 Å². The van der Waals surface area contributed by atoms with Gasteiger partial charge < -0.3 is 15.0 Å². The Morgan fingerprint density at radius 2 is 1.59 bits per heavy atom. The van der Waals surface area contributed by atoms with E-state index in [2.05, 4.69) is 5.32 Å². The van der Waals surface area contributed by atoms with Gasteiger partial charge in [0.05, 0.1) is 19.1 Å². The van der Waals surface area contributed by atoms with E-state index in [1.54, 1.807) is 25.3 Å². The molecule has 8 nitrogen and oxygen atoms in total. The maximum Gasteiger partial charge on any atom is 0.244 e. The van der Waals surface area contributed by atoms with Crippen molar-refractivity contribution >= 4 is 27.5 Å². The van der Waals surface area contributed by atoms with E-state index < -0.39 is 28.5 Å². The monoisotopic (exact) mass is 579 g/mol. The van der Waals surface area contributed by atoms with Crippen LogP contribution in [0.2, 0.25) is 0 Å².